The van der Waals surface area contributed by atoms with Crippen molar-refractivity contribution in [3.63, 3.8) is 0 Å². The Morgan fingerprint density at radius 3 is 3.05 bits per heavy atom. The molecule has 1 aromatic carbocycles. The van der Waals surface area contributed by atoms with E-state index in [1.807, 2.05) is 36.9 Å². The lowest BCUT2D eigenvalue weighted by Crippen LogP contribution is -2.34. The highest BCUT2D eigenvalue weighted by Crippen LogP contribution is 2.37. The summed E-state index contributed by atoms with van der Waals surface area (Å²) in [5.74, 6) is 1.02. The van der Waals surface area contributed by atoms with Crippen LogP contribution in [0.1, 0.15) is 31.4 Å². The monoisotopic (exact) mass is 320 g/mol. The van der Waals surface area contributed by atoms with Gasteiger partial charge in [-0.15, -0.1) is 24.2 Å². The number of nitrogens with two attached hydrogens (primary N) is 1. The van der Waals surface area contributed by atoms with Gasteiger partial charge in [-0.05, 0) is 37.1 Å². The third-order valence-electron chi connectivity index (χ3n) is 2.85. The summed E-state index contributed by atoms with van der Waals surface area (Å²) in [6.07, 6.45) is 1.29. The van der Waals surface area contributed by atoms with Crippen LogP contribution in [0, 0.1) is 0 Å². The molecular formula is C13H18Cl2N2OS. The predicted octanol–water partition coefficient (Wildman–Crippen LogP) is 3.15. The Labute approximate surface area is 129 Å². The minimum absolute atomic E-state index is 0. The minimum atomic E-state index is -0.109. The molecule has 1 aliphatic rings. The van der Waals surface area contributed by atoms with Gasteiger partial charge in [-0.2, -0.15) is 0 Å². The minimum Gasteiger partial charge on any atom is -0.349 e. The Morgan fingerprint density at radius 1 is 1.63 bits per heavy atom. The lowest BCUT2D eigenvalue weighted by Gasteiger charge is -2.26. The predicted molar refractivity (Wildman–Crippen MR) is 83.2 cm³/mol. The fraction of sp³-hybridized carbons (Fsp3) is 0.462. The summed E-state index contributed by atoms with van der Waals surface area (Å²) in [5, 5.41) is 3.75. The van der Waals surface area contributed by atoms with Crippen LogP contribution in [0.4, 0.5) is 0 Å². The zero-order valence-electron chi connectivity index (χ0n) is 10.7. The van der Waals surface area contributed by atoms with Crippen molar-refractivity contribution in [2.45, 2.75) is 36.7 Å². The van der Waals surface area contributed by atoms with Gasteiger partial charge in [-0.1, -0.05) is 11.6 Å². The van der Waals surface area contributed by atoms with Crippen molar-refractivity contribution >= 4 is 41.7 Å². The molecule has 0 fully saturated rings. The normalized spacial score (nSPS) is 19.0. The number of hydrogen-bond donors (Lipinski definition) is 2. The van der Waals surface area contributed by atoms with E-state index in [1.54, 1.807) is 0 Å². The quantitative estimate of drug-likeness (QED) is 0.899. The van der Waals surface area contributed by atoms with Crippen molar-refractivity contribution in [1.82, 2.24) is 5.32 Å². The van der Waals surface area contributed by atoms with Crippen molar-refractivity contribution in [3.8, 4) is 0 Å². The molecule has 2 rings (SSSR count). The molecule has 0 aromatic heterocycles. The topological polar surface area (TPSA) is 55.1 Å². The van der Waals surface area contributed by atoms with E-state index in [0.29, 0.717) is 11.4 Å². The molecule has 2 atom stereocenters. The van der Waals surface area contributed by atoms with Crippen LogP contribution in [0.15, 0.2) is 23.1 Å². The summed E-state index contributed by atoms with van der Waals surface area (Å²) in [7, 11) is 0. The van der Waals surface area contributed by atoms with Crippen molar-refractivity contribution in [1.29, 1.82) is 0 Å². The number of halogens is 2. The van der Waals surface area contributed by atoms with Gasteiger partial charge in [-0.3, -0.25) is 4.79 Å². The number of amides is 1. The molecule has 0 aliphatic carbocycles. The summed E-state index contributed by atoms with van der Waals surface area (Å²) < 4.78 is 0. The number of benzene rings is 1. The highest BCUT2D eigenvalue weighted by molar-refractivity contribution is 7.99. The largest absolute Gasteiger partial charge is 0.349 e. The van der Waals surface area contributed by atoms with Gasteiger partial charge in [-0.25, -0.2) is 0 Å². The molecule has 1 heterocycles. The average molecular weight is 321 g/mol. The highest BCUT2D eigenvalue weighted by Gasteiger charge is 2.22. The molecule has 3 nitrogen and oxygen atoms in total. The van der Waals surface area contributed by atoms with Crippen LogP contribution < -0.4 is 11.1 Å². The Hall–Kier alpha value is -0.420. The SMILES string of the molecule is CC(N)CC(=O)NC1CCSc2ccc(Cl)cc21.Cl. The molecule has 3 N–H and O–H groups in total. The second-order valence-electron chi connectivity index (χ2n) is 4.62. The van der Waals surface area contributed by atoms with Crippen molar-refractivity contribution in [2.24, 2.45) is 5.73 Å². The summed E-state index contributed by atoms with van der Waals surface area (Å²) >= 11 is 7.83. The molecule has 1 aliphatic heterocycles. The summed E-state index contributed by atoms with van der Waals surface area (Å²) in [5.41, 5.74) is 6.75. The van der Waals surface area contributed by atoms with E-state index in [9.17, 15) is 4.79 Å². The highest BCUT2D eigenvalue weighted by atomic mass is 35.5. The zero-order chi connectivity index (χ0) is 13.1. The van der Waals surface area contributed by atoms with Gasteiger partial charge >= 0.3 is 0 Å². The van der Waals surface area contributed by atoms with Gasteiger partial charge in [0, 0.05) is 28.1 Å². The molecule has 0 radical (unpaired) electrons. The molecule has 0 saturated carbocycles. The fourth-order valence-corrected chi connectivity index (χ4v) is 3.35. The number of thioether (sulfide) groups is 1. The van der Waals surface area contributed by atoms with E-state index in [1.165, 1.54) is 4.90 Å². The second-order valence-corrected chi connectivity index (χ2v) is 6.19. The van der Waals surface area contributed by atoms with E-state index < -0.39 is 0 Å². The van der Waals surface area contributed by atoms with Gasteiger partial charge in [0.25, 0.3) is 0 Å². The van der Waals surface area contributed by atoms with Crippen molar-refractivity contribution < 1.29 is 4.79 Å². The Balaban J connectivity index is 0.00000180. The van der Waals surface area contributed by atoms with E-state index >= 15 is 0 Å². The van der Waals surface area contributed by atoms with Crippen LogP contribution in [0.25, 0.3) is 0 Å². The van der Waals surface area contributed by atoms with Gasteiger partial charge in [0.2, 0.25) is 5.91 Å². The van der Waals surface area contributed by atoms with Crippen LogP contribution in [0.3, 0.4) is 0 Å². The third-order valence-corrected chi connectivity index (χ3v) is 4.21. The standard InChI is InChI=1S/C13H17ClN2OS.ClH/c1-8(15)6-13(17)16-11-4-5-18-12-3-2-9(14)7-10(11)12;/h2-3,7-8,11H,4-6,15H2,1H3,(H,16,17);1H. The lowest BCUT2D eigenvalue weighted by molar-refractivity contribution is -0.122. The Morgan fingerprint density at radius 2 is 2.37 bits per heavy atom. The first-order valence-electron chi connectivity index (χ1n) is 6.03. The maximum atomic E-state index is 11.8. The van der Waals surface area contributed by atoms with Gasteiger partial charge in [0.05, 0.1) is 6.04 Å². The molecule has 2 unspecified atom stereocenters. The van der Waals surface area contributed by atoms with Crippen LogP contribution in [-0.2, 0) is 4.79 Å². The zero-order valence-corrected chi connectivity index (χ0v) is 13.1. The van der Waals surface area contributed by atoms with Crippen molar-refractivity contribution in [3.05, 3.63) is 28.8 Å². The molecule has 0 bridgehead atoms. The first-order chi connectivity index (χ1) is 8.56. The number of hydrogen-bond acceptors (Lipinski definition) is 3. The maximum Gasteiger partial charge on any atom is 0.222 e. The first kappa shape index (κ1) is 16.6. The Kier molecular flexibility index (Phi) is 6.47. The molecule has 1 aromatic rings. The van der Waals surface area contributed by atoms with Gasteiger partial charge in [0.15, 0.2) is 0 Å². The summed E-state index contributed by atoms with van der Waals surface area (Å²) in [6.45, 7) is 1.83. The number of rotatable bonds is 3. The van der Waals surface area contributed by atoms with E-state index in [2.05, 4.69) is 5.32 Å². The number of fused-ring (bicyclic) bond motifs is 1. The van der Waals surface area contributed by atoms with Crippen LogP contribution in [-0.4, -0.2) is 17.7 Å². The van der Waals surface area contributed by atoms with Gasteiger partial charge in [0.1, 0.15) is 0 Å². The number of carbonyl (C=O) groups is 1. The molecule has 19 heavy (non-hydrogen) atoms. The third kappa shape index (κ3) is 4.56. The van der Waals surface area contributed by atoms with E-state index in [-0.39, 0.29) is 30.4 Å². The van der Waals surface area contributed by atoms with Crippen LogP contribution in [0.5, 0.6) is 0 Å². The number of nitrogens with one attached hydrogen (secondary N) is 1. The number of carbonyl (C=O) groups excluding carboxylic acids is 1. The van der Waals surface area contributed by atoms with Crippen molar-refractivity contribution in [2.75, 3.05) is 5.75 Å². The molecule has 106 valence electrons. The van der Waals surface area contributed by atoms with E-state index in [0.717, 1.165) is 17.7 Å². The first-order valence-corrected chi connectivity index (χ1v) is 7.40. The second kappa shape index (κ2) is 7.39. The maximum absolute atomic E-state index is 11.8. The lowest BCUT2D eigenvalue weighted by atomic mass is 10.0. The van der Waals surface area contributed by atoms with Crippen LogP contribution in [0.2, 0.25) is 5.02 Å². The molecule has 0 spiro atoms. The van der Waals surface area contributed by atoms with E-state index in [4.69, 9.17) is 17.3 Å². The Bertz CT molecular complexity index is 454. The molecular weight excluding hydrogens is 303 g/mol. The summed E-state index contributed by atoms with van der Waals surface area (Å²) in [6, 6.07) is 5.80. The average Bonchev–Trinajstić information content (AvgIpc) is 2.28. The molecule has 1 amide bonds. The molecule has 0 saturated heterocycles. The van der Waals surface area contributed by atoms with Crippen LogP contribution >= 0.6 is 35.8 Å². The van der Waals surface area contributed by atoms with Gasteiger partial charge < -0.3 is 11.1 Å². The fourth-order valence-electron chi connectivity index (χ4n) is 2.06. The molecule has 6 heteroatoms. The summed E-state index contributed by atoms with van der Waals surface area (Å²) in [4.78, 5) is 13.0. The smallest absolute Gasteiger partial charge is 0.222 e.